The molecule has 2 rings (SSSR count). The summed E-state index contributed by atoms with van der Waals surface area (Å²) in [5.41, 5.74) is 5.92. The van der Waals surface area contributed by atoms with Crippen LogP contribution in [0.4, 0.5) is 0 Å². The second-order valence-electron chi connectivity index (χ2n) is 11.5. The molecule has 1 heterocycles. The van der Waals surface area contributed by atoms with E-state index in [-0.39, 0.29) is 38.3 Å². The maximum Gasteiger partial charge on any atom is 0.326 e. The van der Waals surface area contributed by atoms with Gasteiger partial charge in [0.15, 0.2) is 5.96 Å². The van der Waals surface area contributed by atoms with Gasteiger partial charge in [-0.2, -0.15) is 0 Å². The smallest absolute Gasteiger partial charge is 0.326 e. The Bertz CT molecular complexity index is 1290. The maximum absolute atomic E-state index is 13.4. The van der Waals surface area contributed by atoms with Crippen LogP contribution in [-0.4, -0.2) is 106 Å². The van der Waals surface area contributed by atoms with Crippen molar-refractivity contribution >= 4 is 47.9 Å². The van der Waals surface area contributed by atoms with Gasteiger partial charge in [-0.05, 0) is 37.2 Å². The van der Waals surface area contributed by atoms with Crippen molar-refractivity contribution in [1.82, 2.24) is 31.5 Å². The topological polar surface area (TPSA) is 273 Å². The fourth-order valence-electron chi connectivity index (χ4n) is 5.14. The highest BCUT2D eigenvalue weighted by Gasteiger charge is 2.39. The Balaban J connectivity index is 2.14. The summed E-state index contributed by atoms with van der Waals surface area (Å²) in [5.74, 6) is -6.64. The summed E-state index contributed by atoms with van der Waals surface area (Å²) in [7, 11) is 0. The second kappa shape index (κ2) is 18.7. The molecule has 0 radical (unpaired) electrons. The molecule has 0 unspecified atom stereocenters. The standard InChI is InChI=1S/C30H44N8O9/c1-17(2)24(27(44)36-21(29(46)47)14-18-8-4-3-5-9-18)37-25(42)20(15-23(40)41)35-26(43)22-11-7-13-38(22)28(45)19(34-16-39)10-6-12-33-30(31)32/h3-5,8-9,16-17,19-22,24H,6-7,10-15H2,1-2H3,(H,34,39)(H,35,43)(H,36,44)(H,37,42)(H,40,41)(H,46,47)(H4,31,32,33)/t19-,20-,21-,22-,24-/m0/s1. The number of benzene rings is 1. The number of aliphatic carboxylic acids is 2. The van der Waals surface area contributed by atoms with Gasteiger partial charge in [0.1, 0.15) is 30.2 Å². The summed E-state index contributed by atoms with van der Waals surface area (Å²) in [4.78, 5) is 89.1. The maximum atomic E-state index is 13.4. The van der Waals surface area contributed by atoms with Crippen LogP contribution in [0, 0.1) is 11.3 Å². The number of nitrogens with two attached hydrogens (primary N) is 1. The number of amides is 5. The zero-order chi connectivity index (χ0) is 35.1. The Morgan fingerprint density at radius 3 is 2.26 bits per heavy atom. The van der Waals surface area contributed by atoms with Gasteiger partial charge in [0, 0.05) is 19.5 Å². The minimum Gasteiger partial charge on any atom is -0.481 e. The Labute approximate surface area is 271 Å². The number of carboxylic acid groups (broad SMARTS) is 2. The van der Waals surface area contributed by atoms with E-state index in [1.807, 2.05) is 0 Å². The zero-order valence-electron chi connectivity index (χ0n) is 26.4. The first-order valence-corrected chi connectivity index (χ1v) is 15.2. The van der Waals surface area contributed by atoms with Crippen molar-refractivity contribution in [2.45, 2.75) is 82.6 Å². The first-order valence-electron chi connectivity index (χ1n) is 15.2. The first kappa shape index (κ1) is 38.0. The van der Waals surface area contributed by atoms with Crippen LogP contribution in [0.25, 0.3) is 0 Å². The number of nitrogens with zero attached hydrogens (tertiary/aromatic N) is 1. The number of carboxylic acids is 2. The molecule has 1 aliphatic rings. The molecule has 0 aliphatic carbocycles. The summed E-state index contributed by atoms with van der Waals surface area (Å²) in [6.07, 6.45) is 0.700. The van der Waals surface area contributed by atoms with Gasteiger partial charge in [0.05, 0.1) is 6.42 Å². The lowest BCUT2D eigenvalue weighted by atomic mass is 10.0. The lowest BCUT2D eigenvalue weighted by Gasteiger charge is -2.30. The largest absolute Gasteiger partial charge is 0.481 e. The minimum atomic E-state index is -1.63. The molecule has 10 N–H and O–H groups in total. The van der Waals surface area contributed by atoms with Gasteiger partial charge in [-0.25, -0.2) is 4.79 Å². The third kappa shape index (κ3) is 12.2. The third-order valence-corrected chi connectivity index (χ3v) is 7.55. The van der Waals surface area contributed by atoms with Crippen LogP contribution in [0.3, 0.4) is 0 Å². The van der Waals surface area contributed by atoms with Crippen molar-refractivity contribution in [3.05, 3.63) is 35.9 Å². The van der Waals surface area contributed by atoms with E-state index in [4.69, 9.17) is 11.1 Å². The highest BCUT2D eigenvalue weighted by atomic mass is 16.4. The van der Waals surface area contributed by atoms with Crippen molar-refractivity contribution in [3.8, 4) is 0 Å². The average Bonchev–Trinajstić information content (AvgIpc) is 3.50. The van der Waals surface area contributed by atoms with E-state index in [0.29, 0.717) is 24.8 Å². The third-order valence-electron chi connectivity index (χ3n) is 7.55. The molecule has 17 nitrogen and oxygen atoms in total. The molecule has 258 valence electrons. The molecule has 5 amide bonds. The number of hydrogen-bond donors (Lipinski definition) is 9. The van der Waals surface area contributed by atoms with Gasteiger partial charge in [-0.15, -0.1) is 0 Å². The molecule has 1 aromatic carbocycles. The Hall–Kier alpha value is -5.22. The monoisotopic (exact) mass is 660 g/mol. The molecule has 1 aromatic rings. The Kier molecular flexibility index (Phi) is 15.1. The van der Waals surface area contributed by atoms with Crippen LogP contribution in [-0.2, 0) is 40.0 Å². The second-order valence-corrected chi connectivity index (χ2v) is 11.5. The van der Waals surface area contributed by atoms with Crippen molar-refractivity contribution in [2.75, 3.05) is 13.1 Å². The van der Waals surface area contributed by atoms with E-state index in [0.717, 1.165) is 0 Å². The van der Waals surface area contributed by atoms with Crippen molar-refractivity contribution in [3.63, 3.8) is 0 Å². The van der Waals surface area contributed by atoms with Crippen molar-refractivity contribution in [1.29, 1.82) is 5.41 Å². The molecular formula is C30H44N8O9. The first-order chi connectivity index (χ1) is 22.2. The molecule has 0 bridgehead atoms. The number of carbonyl (C=O) groups excluding carboxylic acids is 5. The van der Waals surface area contributed by atoms with E-state index in [2.05, 4.69) is 26.6 Å². The number of hydrogen-bond acceptors (Lipinski definition) is 8. The van der Waals surface area contributed by atoms with Gasteiger partial charge in [-0.3, -0.25) is 34.2 Å². The summed E-state index contributed by atoms with van der Waals surface area (Å²) >= 11 is 0. The predicted molar refractivity (Wildman–Crippen MR) is 168 cm³/mol. The van der Waals surface area contributed by atoms with E-state index in [9.17, 15) is 43.8 Å². The number of carbonyl (C=O) groups is 7. The molecule has 0 aromatic heterocycles. The summed E-state index contributed by atoms with van der Waals surface area (Å²) in [5, 5.41) is 38.7. The van der Waals surface area contributed by atoms with Crippen LogP contribution >= 0.6 is 0 Å². The van der Waals surface area contributed by atoms with Gasteiger partial charge < -0.3 is 47.4 Å². The van der Waals surface area contributed by atoms with E-state index >= 15 is 0 Å². The Morgan fingerprint density at radius 2 is 1.68 bits per heavy atom. The molecule has 1 saturated heterocycles. The fourth-order valence-corrected chi connectivity index (χ4v) is 5.14. The number of rotatable bonds is 19. The predicted octanol–water partition coefficient (Wildman–Crippen LogP) is -1.73. The number of nitrogens with one attached hydrogen (secondary N) is 6. The zero-order valence-corrected chi connectivity index (χ0v) is 26.4. The lowest BCUT2D eigenvalue weighted by molar-refractivity contribution is -0.144. The van der Waals surface area contributed by atoms with Crippen LogP contribution < -0.4 is 32.3 Å². The molecule has 17 heteroatoms. The molecule has 0 spiro atoms. The van der Waals surface area contributed by atoms with Gasteiger partial charge in [0.2, 0.25) is 30.0 Å². The van der Waals surface area contributed by atoms with E-state index in [1.54, 1.807) is 44.2 Å². The molecule has 5 atom stereocenters. The van der Waals surface area contributed by atoms with E-state index < -0.39 is 78.1 Å². The fraction of sp³-hybridized carbons (Fsp3) is 0.533. The highest BCUT2D eigenvalue weighted by Crippen LogP contribution is 2.20. The molecular weight excluding hydrogens is 616 g/mol. The van der Waals surface area contributed by atoms with Crippen LogP contribution in [0.5, 0.6) is 0 Å². The van der Waals surface area contributed by atoms with Crippen LogP contribution in [0.15, 0.2) is 30.3 Å². The number of guanidine groups is 1. The SMILES string of the molecule is CC(C)[C@H](NC(=O)[C@H](CC(=O)O)NC(=O)[C@@H]1CCCN1C(=O)[C@H](CCCNC(=N)N)NC=O)C(=O)N[C@@H](Cc1ccccc1)C(=O)O. The summed E-state index contributed by atoms with van der Waals surface area (Å²) in [6, 6.07) is 2.36. The van der Waals surface area contributed by atoms with Gasteiger partial charge in [0.25, 0.3) is 0 Å². The quantitative estimate of drug-likeness (QED) is 0.0348. The summed E-state index contributed by atoms with van der Waals surface area (Å²) in [6.45, 7) is 3.65. The molecule has 1 fully saturated rings. The van der Waals surface area contributed by atoms with E-state index in [1.165, 1.54) is 4.90 Å². The lowest BCUT2D eigenvalue weighted by Crippen LogP contribution is -2.59. The molecule has 47 heavy (non-hydrogen) atoms. The minimum absolute atomic E-state index is 0.0203. The highest BCUT2D eigenvalue weighted by molar-refractivity contribution is 5.97. The molecule has 1 aliphatic heterocycles. The van der Waals surface area contributed by atoms with Crippen LogP contribution in [0.2, 0.25) is 0 Å². The summed E-state index contributed by atoms with van der Waals surface area (Å²) < 4.78 is 0. The Morgan fingerprint density at radius 1 is 1.00 bits per heavy atom. The van der Waals surface area contributed by atoms with Gasteiger partial charge in [-0.1, -0.05) is 44.2 Å². The van der Waals surface area contributed by atoms with Gasteiger partial charge >= 0.3 is 11.9 Å². The van der Waals surface area contributed by atoms with Crippen LogP contribution in [0.1, 0.15) is 51.5 Å². The van der Waals surface area contributed by atoms with Crippen molar-refractivity contribution in [2.24, 2.45) is 11.7 Å². The van der Waals surface area contributed by atoms with Crippen molar-refractivity contribution < 1.29 is 43.8 Å². The average molecular weight is 661 g/mol. The number of likely N-dealkylation sites (tertiary alicyclic amines) is 1. The normalized spacial score (nSPS) is 16.6. The molecule has 0 saturated carbocycles.